The second kappa shape index (κ2) is 3.95. The molecule has 0 saturated carbocycles. The molecule has 1 heterocycles. The largest absolute Gasteiger partial charge is 0.491 e. The van der Waals surface area contributed by atoms with Gasteiger partial charge in [-0.1, -0.05) is 6.92 Å². The molecule has 0 spiro atoms. The maximum Gasteiger partial charge on any atom is 0.126 e. The van der Waals surface area contributed by atoms with Gasteiger partial charge in [0.05, 0.1) is 6.10 Å². The van der Waals surface area contributed by atoms with Gasteiger partial charge in [-0.15, -0.1) is 0 Å². The molecule has 3 heteroatoms. The summed E-state index contributed by atoms with van der Waals surface area (Å²) in [6.45, 7) is 4.10. The van der Waals surface area contributed by atoms with Gasteiger partial charge in [0, 0.05) is 12.3 Å². The van der Waals surface area contributed by atoms with Gasteiger partial charge in [-0.25, -0.2) is 4.98 Å². The Hall–Kier alpha value is -1.25. The summed E-state index contributed by atoms with van der Waals surface area (Å²) in [7, 11) is 0. The lowest BCUT2D eigenvalue weighted by Gasteiger charge is -2.11. The first-order valence-corrected chi connectivity index (χ1v) is 4.10. The predicted octanol–water partition coefficient (Wildman–Crippen LogP) is 1.84. The number of nitrogens with zero attached hydrogens (tertiary/aromatic N) is 1. The van der Waals surface area contributed by atoms with Crippen LogP contribution in [0.4, 0.5) is 5.82 Å². The molecule has 1 aromatic heterocycles. The highest BCUT2D eigenvalue weighted by atomic mass is 16.5. The van der Waals surface area contributed by atoms with E-state index in [0.29, 0.717) is 5.82 Å². The van der Waals surface area contributed by atoms with Crippen LogP contribution in [0.2, 0.25) is 0 Å². The number of hydrogen-bond donors (Lipinski definition) is 1. The van der Waals surface area contributed by atoms with Crippen molar-refractivity contribution in [1.82, 2.24) is 4.98 Å². The topological polar surface area (TPSA) is 48.1 Å². The third-order valence-electron chi connectivity index (χ3n) is 1.66. The molecule has 0 saturated heterocycles. The summed E-state index contributed by atoms with van der Waals surface area (Å²) < 4.78 is 5.52. The van der Waals surface area contributed by atoms with Crippen molar-refractivity contribution in [2.45, 2.75) is 26.4 Å². The van der Waals surface area contributed by atoms with Crippen molar-refractivity contribution < 1.29 is 4.74 Å². The number of nitrogen functional groups attached to an aromatic ring is 1. The number of ether oxygens (including phenoxy) is 1. The number of anilines is 1. The Morgan fingerprint density at radius 2 is 2.42 bits per heavy atom. The number of hydrogen-bond acceptors (Lipinski definition) is 3. The van der Waals surface area contributed by atoms with Gasteiger partial charge in [-0.3, -0.25) is 0 Å². The zero-order chi connectivity index (χ0) is 8.97. The lowest BCUT2D eigenvalue weighted by atomic mass is 10.3. The molecule has 0 fully saturated rings. The van der Waals surface area contributed by atoms with Gasteiger partial charge >= 0.3 is 0 Å². The van der Waals surface area contributed by atoms with Gasteiger partial charge in [-0.05, 0) is 19.4 Å². The van der Waals surface area contributed by atoms with Crippen LogP contribution in [0.3, 0.4) is 0 Å². The van der Waals surface area contributed by atoms with Gasteiger partial charge in [0.15, 0.2) is 0 Å². The standard InChI is InChI=1S/C9H14N2O/c1-3-7(2)12-8-4-5-11-9(10)6-8/h4-7H,3H2,1-2H3,(H2,10,11). The van der Waals surface area contributed by atoms with Crippen molar-refractivity contribution in [1.29, 1.82) is 0 Å². The predicted molar refractivity (Wildman–Crippen MR) is 49.0 cm³/mol. The summed E-state index contributed by atoms with van der Waals surface area (Å²) in [6.07, 6.45) is 2.86. The van der Waals surface area contributed by atoms with Gasteiger partial charge in [0.25, 0.3) is 0 Å². The highest BCUT2D eigenvalue weighted by Gasteiger charge is 2.00. The summed E-state index contributed by atoms with van der Waals surface area (Å²) in [5, 5.41) is 0. The maximum absolute atomic E-state index is 5.52. The lowest BCUT2D eigenvalue weighted by molar-refractivity contribution is 0.217. The number of rotatable bonds is 3. The number of nitrogens with two attached hydrogens (primary N) is 1. The Bertz CT molecular complexity index is 250. The highest BCUT2D eigenvalue weighted by molar-refractivity contribution is 5.35. The van der Waals surface area contributed by atoms with Gasteiger partial charge in [-0.2, -0.15) is 0 Å². The van der Waals surface area contributed by atoms with Crippen LogP contribution in [0.1, 0.15) is 20.3 Å². The lowest BCUT2D eigenvalue weighted by Crippen LogP contribution is -2.09. The first kappa shape index (κ1) is 8.84. The van der Waals surface area contributed by atoms with Gasteiger partial charge in [0.2, 0.25) is 0 Å². The van der Waals surface area contributed by atoms with Gasteiger partial charge in [0.1, 0.15) is 11.6 Å². The average molecular weight is 166 g/mol. The Morgan fingerprint density at radius 3 is 3.00 bits per heavy atom. The van der Waals surface area contributed by atoms with Crippen LogP contribution in [-0.2, 0) is 0 Å². The van der Waals surface area contributed by atoms with Crippen LogP contribution in [0.5, 0.6) is 5.75 Å². The van der Waals surface area contributed by atoms with Crippen molar-refractivity contribution >= 4 is 5.82 Å². The Kier molecular flexibility index (Phi) is 2.91. The van der Waals surface area contributed by atoms with E-state index >= 15 is 0 Å². The Morgan fingerprint density at radius 1 is 1.67 bits per heavy atom. The molecule has 1 aromatic rings. The first-order chi connectivity index (χ1) is 5.72. The quantitative estimate of drug-likeness (QED) is 0.745. The normalized spacial score (nSPS) is 12.5. The fraction of sp³-hybridized carbons (Fsp3) is 0.444. The summed E-state index contributed by atoms with van der Waals surface area (Å²) in [5.74, 6) is 1.28. The summed E-state index contributed by atoms with van der Waals surface area (Å²) in [6, 6.07) is 3.54. The molecule has 2 N–H and O–H groups in total. The van der Waals surface area contributed by atoms with Crippen molar-refractivity contribution in [3.05, 3.63) is 18.3 Å². The summed E-state index contributed by atoms with van der Waals surface area (Å²) >= 11 is 0. The van der Waals surface area contributed by atoms with E-state index in [0.717, 1.165) is 12.2 Å². The van der Waals surface area contributed by atoms with E-state index in [1.165, 1.54) is 0 Å². The third kappa shape index (κ3) is 2.42. The molecule has 1 rings (SSSR count). The molecule has 0 aliphatic rings. The molecule has 66 valence electrons. The van der Waals surface area contributed by atoms with Crippen molar-refractivity contribution in [3.8, 4) is 5.75 Å². The van der Waals surface area contributed by atoms with E-state index < -0.39 is 0 Å². The highest BCUT2D eigenvalue weighted by Crippen LogP contribution is 2.14. The molecule has 0 aromatic carbocycles. The van der Waals surface area contributed by atoms with Crippen molar-refractivity contribution in [2.24, 2.45) is 0 Å². The monoisotopic (exact) mass is 166 g/mol. The number of aromatic nitrogens is 1. The molecule has 0 bridgehead atoms. The molecule has 0 amide bonds. The van der Waals surface area contributed by atoms with Crippen LogP contribution in [0.15, 0.2) is 18.3 Å². The minimum Gasteiger partial charge on any atom is -0.491 e. The van der Waals surface area contributed by atoms with E-state index in [-0.39, 0.29) is 6.10 Å². The van der Waals surface area contributed by atoms with E-state index in [4.69, 9.17) is 10.5 Å². The molecule has 1 unspecified atom stereocenters. The average Bonchev–Trinajstić information content (AvgIpc) is 2.04. The second-order valence-electron chi connectivity index (χ2n) is 2.75. The summed E-state index contributed by atoms with van der Waals surface area (Å²) in [4.78, 5) is 3.87. The SMILES string of the molecule is CCC(C)Oc1ccnc(N)c1. The minimum atomic E-state index is 0.229. The zero-order valence-electron chi connectivity index (χ0n) is 7.45. The maximum atomic E-state index is 5.52. The Balaban J connectivity index is 2.63. The zero-order valence-corrected chi connectivity index (χ0v) is 7.45. The van der Waals surface area contributed by atoms with Crippen LogP contribution in [0.25, 0.3) is 0 Å². The van der Waals surface area contributed by atoms with Crippen LogP contribution < -0.4 is 10.5 Å². The molecule has 12 heavy (non-hydrogen) atoms. The first-order valence-electron chi connectivity index (χ1n) is 4.10. The third-order valence-corrected chi connectivity index (χ3v) is 1.66. The van der Waals surface area contributed by atoms with Crippen molar-refractivity contribution in [3.63, 3.8) is 0 Å². The number of pyridine rings is 1. The summed E-state index contributed by atoms with van der Waals surface area (Å²) in [5.41, 5.74) is 5.48. The van der Waals surface area contributed by atoms with E-state index in [1.807, 2.05) is 13.0 Å². The molecular weight excluding hydrogens is 152 g/mol. The minimum absolute atomic E-state index is 0.229. The second-order valence-corrected chi connectivity index (χ2v) is 2.75. The fourth-order valence-electron chi connectivity index (χ4n) is 0.817. The molecule has 0 aliphatic heterocycles. The van der Waals surface area contributed by atoms with Crippen LogP contribution >= 0.6 is 0 Å². The Labute approximate surface area is 72.6 Å². The van der Waals surface area contributed by atoms with Crippen LogP contribution in [0, 0.1) is 0 Å². The molecule has 0 radical (unpaired) electrons. The van der Waals surface area contributed by atoms with Crippen molar-refractivity contribution in [2.75, 3.05) is 5.73 Å². The molecule has 0 aliphatic carbocycles. The molecule has 3 nitrogen and oxygen atoms in total. The smallest absolute Gasteiger partial charge is 0.126 e. The van der Waals surface area contributed by atoms with E-state index in [9.17, 15) is 0 Å². The van der Waals surface area contributed by atoms with Crippen LogP contribution in [-0.4, -0.2) is 11.1 Å². The van der Waals surface area contributed by atoms with Gasteiger partial charge < -0.3 is 10.5 Å². The van der Waals surface area contributed by atoms with E-state index in [2.05, 4.69) is 11.9 Å². The van der Waals surface area contributed by atoms with E-state index in [1.54, 1.807) is 12.3 Å². The molecular formula is C9H14N2O. The molecule has 1 atom stereocenters. The fourth-order valence-corrected chi connectivity index (χ4v) is 0.817.